The van der Waals surface area contributed by atoms with Crippen molar-refractivity contribution in [2.24, 2.45) is 0 Å². The number of pyridine rings is 1. The second kappa shape index (κ2) is 7.51. The van der Waals surface area contributed by atoms with Gasteiger partial charge in [0.05, 0.1) is 24.8 Å². The molecule has 1 saturated heterocycles. The van der Waals surface area contributed by atoms with Crippen LogP contribution in [0.25, 0.3) is 11.0 Å². The number of aliphatic hydroxyl groups is 1. The van der Waals surface area contributed by atoms with Crippen LogP contribution in [0, 0.1) is 6.92 Å². The molecule has 1 fully saturated rings. The van der Waals surface area contributed by atoms with Gasteiger partial charge in [-0.1, -0.05) is 0 Å². The Bertz CT molecular complexity index is 1010. The Labute approximate surface area is 166 Å². The number of rotatable bonds is 4. The largest absolute Gasteiger partial charge is 0.387 e. The van der Waals surface area contributed by atoms with Gasteiger partial charge in [-0.3, -0.25) is 0 Å². The van der Waals surface area contributed by atoms with E-state index in [0.29, 0.717) is 11.6 Å². The molecule has 154 valence electrons. The number of hydrogen-bond donors (Lipinski definition) is 2. The van der Waals surface area contributed by atoms with E-state index >= 15 is 0 Å². The number of fused-ring (bicyclic) bond motifs is 1. The number of aliphatic hydroxyl groups excluding tert-OH is 1. The first-order valence-electron chi connectivity index (χ1n) is 9.49. The summed E-state index contributed by atoms with van der Waals surface area (Å²) < 4.78 is 29.8. The van der Waals surface area contributed by atoms with Crippen molar-refractivity contribution >= 4 is 28.6 Å². The van der Waals surface area contributed by atoms with Crippen LogP contribution in [-0.4, -0.2) is 61.1 Å². The minimum Gasteiger partial charge on any atom is -0.387 e. The van der Waals surface area contributed by atoms with Crippen LogP contribution in [0.15, 0.2) is 24.5 Å². The van der Waals surface area contributed by atoms with Gasteiger partial charge >= 0.3 is 0 Å². The van der Waals surface area contributed by atoms with Crippen molar-refractivity contribution in [2.45, 2.75) is 45.3 Å². The van der Waals surface area contributed by atoms with Crippen molar-refractivity contribution in [3.63, 3.8) is 0 Å². The molecule has 1 aliphatic heterocycles. The van der Waals surface area contributed by atoms with Gasteiger partial charge in [-0.2, -0.15) is 4.98 Å². The molecule has 2 N–H and O–H groups in total. The molecule has 0 bridgehead atoms. The van der Waals surface area contributed by atoms with Crippen molar-refractivity contribution in [1.82, 2.24) is 24.5 Å². The molecule has 8 nitrogen and oxygen atoms in total. The molecule has 4 heterocycles. The van der Waals surface area contributed by atoms with Crippen LogP contribution >= 0.6 is 0 Å². The third-order valence-corrected chi connectivity index (χ3v) is 4.98. The Kier molecular flexibility index (Phi) is 5.03. The summed E-state index contributed by atoms with van der Waals surface area (Å²) in [6, 6.07) is 3.79. The zero-order valence-electron chi connectivity index (χ0n) is 16.4. The molecule has 3 atom stereocenters. The van der Waals surface area contributed by atoms with Crippen LogP contribution in [-0.2, 0) is 0 Å². The molecular weight excluding hydrogens is 380 g/mol. The number of nitrogens with zero attached hydrogens (tertiary/aromatic N) is 6. The Morgan fingerprint density at radius 1 is 1.14 bits per heavy atom. The summed E-state index contributed by atoms with van der Waals surface area (Å²) in [6.07, 6.45) is -1.79. The first-order valence-corrected chi connectivity index (χ1v) is 9.49. The van der Waals surface area contributed by atoms with Crippen molar-refractivity contribution in [3.8, 4) is 0 Å². The third-order valence-electron chi connectivity index (χ3n) is 4.98. The molecule has 0 amide bonds. The molecule has 0 radical (unpaired) electrons. The van der Waals surface area contributed by atoms with E-state index in [1.54, 1.807) is 12.3 Å². The number of imidazole rings is 1. The van der Waals surface area contributed by atoms with Crippen LogP contribution in [0.1, 0.15) is 25.7 Å². The van der Waals surface area contributed by atoms with Gasteiger partial charge < -0.3 is 19.9 Å². The lowest BCUT2D eigenvalue weighted by Crippen LogP contribution is -2.52. The quantitative estimate of drug-likeness (QED) is 0.692. The van der Waals surface area contributed by atoms with Crippen LogP contribution in [0.3, 0.4) is 0 Å². The number of hydrogen-bond acceptors (Lipinski definition) is 7. The normalized spacial score (nSPS) is 22.4. The number of anilines is 3. The highest BCUT2D eigenvalue weighted by atomic mass is 19.1. The second-order valence-electron chi connectivity index (χ2n) is 7.48. The summed E-state index contributed by atoms with van der Waals surface area (Å²) >= 11 is 0. The van der Waals surface area contributed by atoms with Crippen LogP contribution in [0.2, 0.25) is 0 Å². The third kappa shape index (κ3) is 3.71. The van der Waals surface area contributed by atoms with Crippen LogP contribution < -0.4 is 10.2 Å². The first kappa shape index (κ1) is 19.4. The van der Waals surface area contributed by atoms with Gasteiger partial charge in [-0.25, -0.2) is 23.7 Å². The predicted molar refractivity (Wildman–Crippen MR) is 106 cm³/mol. The van der Waals surface area contributed by atoms with E-state index in [1.165, 1.54) is 11.1 Å². The summed E-state index contributed by atoms with van der Waals surface area (Å²) in [7, 11) is 0. The Morgan fingerprint density at radius 2 is 1.86 bits per heavy atom. The molecule has 0 spiro atoms. The van der Waals surface area contributed by atoms with Gasteiger partial charge in [0.25, 0.3) is 0 Å². The smallest absolute Gasteiger partial charge is 0.227 e. The second-order valence-corrected chi connectivity index (χ2v) is 7.48. The van der Waals surface area contributed by atoms with Gasteiger partial charge in [0.1, 0.15) is 41.4 Å². The van der Waals surface area contributed by atoms with E-state index in [2.05, 4.69) is 43.7 Å². The average molecular weight is 403 g/mol. The highest BCUT2D eigenvalue weighted by Crippen LogP contribution is 2.25. The molecule has 0 aromatic carbocycles. The zero-order chi connectivity index (χ0) is 20.7. The Balaban J connectivity index is 1.59. The lowest BCUT2D eigenvalue weighted by molar-refractivity contribution is 0.000909. The molecule has 0 saturated carbocycles. The Morgan fingerprint density at radius 3 is 2.55 bits per heavy atom. The molecule has 3 aromatic rings. The number of aryl methyl sites for hydroxylation is 1. The summed E-state index contributed by atoms with van der Waals surface area (Å²) in [4.78, 5) is 18.8. The van der Waals surface area contributed by atoms with E-state index < -0.39 is 18.4 Å². The molecule has 3 aromatic heterocycles. The summed E-state index contributed by atoms with van der Waals surface area (Å²) in [5.74, 6) is 2.12. The maximum Gasteiger partial charge on any atom is 0.227 e. The van der Waals surface area contributed by atoms with Gasteiger partial charge in [0, 0.05) is 18.3 Å². The summed E-state index contributed by atoms with van der Waals surface area (Å²) in [6.45, 7) is 5.80. The molecule has 10 heteroatoms. The standard InChI is InChI=1S/C19H23F2N7O/c1-10(2)28-11(3)24-14-7-23-17(6-15(14)28)25-16-4-5-22-19(26-16)27-8-12(20)18(29)13(21)9-27/h4-7,10,12-13,18,29H,8-9H2,1-3H3,(H,22,23,25,26)/t12-,13+,18-. The number of aromatic nitrogens is 5. The van der Waals surface area contributed by atoms with Crippen molar-refractivity contribution in [1.29, 1.82) is 0 Å². The van der Waals surface area contributed by atoms with Gasteiger partial charge in [0.2, 0.25) is 5.95 Å². The monoisotopic (exact) mass is 403 g/mol. The number of alkyl halides is 2. The van der Waals surface area contributed by atoms with E-state index in [-0.39, 0.29) is 25.1 Å². The molecule has 0 aliphatic carbocycles. The highest BCUT2D eigenvalue weighted by Gasteiger charge is 2.37. The predicted octanol–water partition coefficient (Wildman–Crippen LogP) is 2.71. The summed E-state index contributed by atoms with van der Waals surface area (Å²) in [5.41, 5.74) is 1.76. The van der Waals surface area contributed by atoms with Crippen LogP contribution in [0.4, 0.5) is 26.4 Å². The number of halogens is 2. The van der Waals surface area contributed by atoms with Crippen LogP contribution in [0.5, 0.6) is 0 Å². The maximum atomic E-state index is 13.8. The molecular formula is C19H23F2N7O. The zero-order valence-corrected chi connectivity index (χ0v) is 16.4. The Hall–Kier alpha value is -2.88. The molecule has 1 aliphatic rings. The number of piperidine rings is 1. The number of nitrogens with one attached hydrogen (secondary N) is 1. The van der Waals surface area contributed by atoms with E-state index in [1.807, 2.05) is 13.0 Å². The topological polar surface area (TPSA) is 92.0 Å². The lowest BCUT2D eigenvalue weighted by atomic mass is 10.1. The molecule has 0 unspecified atom stereocenters. The van der Waals surface area contributed by atoms with Gasteiger partial charge in [-0.05, 0) is 26.8 Å². The summed E-state index contributed by atoms with van der Waals surface area (Å²) in [5, 5.41) is 12.6. The fraction of sp³-hybridized carbons (Fsp3) is 0.474. The molecule has 29 heavy (non-hydrogen) atoms. The minimum absolute atomic E-state index is 0.165. The van der Waals surface area contributed by atoms with E-state index in [0.717, 1.165) is 16.9 Å². The fourth-order valence-electron chi connectivity index (χ4n) is 3.64. The van der Waals surface area contributed by atoms with E-state index in [4.69, 9.17) is 0 Å². The first-order chi connectivity index (χ1) is 13.8. The fourth-order valence-corrected chi connectivity index (χ4v) is 3.64. The SMILES string of the molecule is Cc1nc2cnc(Nc3ccnc(N4C[C@@H](F)[C@@H](O)[C@@H](F)C4)n3)cc2n1C(C)C. The van der Waals surface area contributed by atoms with Crippen molar-refractivity contribution in [3.05, 3.63) is 30.4 Å². The van der Waals surface area contributed by atoms with Gasteiger partial charge in [0.15, 0.2) is 0 Å². The highest BCUT2D eigenvalue weighted by molar-refractivity contribution is 5.79. The maximum absolute atomic E-state index is 13.8. The van der Waals surface area contributed by atoms with Gasteiger partial charge in [-0.15, -0.1) is 0 Å². The van der Waals surface area contributed by atoms with Crippen molar-refractivity contribution in [2.75, 3.05) is 23.3 Å². The minimum atomic E-state index is -1.69. The lowest BCUT2D eigenvalue weighted by Gasteiger charge is -2.34. The van der Waals surface area contributed by atoms with E-state index in [9.17, 15) is 13.9 Å². The van der Waals surface area contributed by atoms with Crippen molar-refractivity contribution < 1.29 is 13.9 Å². The molecule has 4 rings (SSSR count). The average Bonchev–Trinajstić information content (AvgIpc) is 3.01.